The Kier molecular flexibility index (Phi) is 4.29. The van der Waals surface area contributed by atoms with E-state index in [1.54, 1.807) is 42.5 Å². The summed E-state index contributed by atoms with van der Waals surface area (Å²) in [4.78, 5) is 11.7. The quantitative estimate of drug-likeness (QED) is 0.672. The molecule has 0 fully saturated rings. The highest BCUT2D eigenvalue weighted by Crippen LogP contribution is 2.37. The van der Waals surface area contributed by atoms with E-state index in [-0.39, 0.29) is 12.4 Å². The minimum Gasteiger partial charge on any atom is -0.493 e. The van der Waals surface area contributed by atoms with Crippen LogP contribution in [0.5, 0.6) is 23.0 Å². The van der Waals surface area contributed by atoms with Crippen LogP contribution in [0.3, 0.4) is 0 Å². The first-order valence-corrected chi connectivity index (χ1v) is 7.20. The van der Waals surface area contributed by atoms with Gasteiger partial charge in [0.05, 0.1) is 19.8 Å². The lowest BCUT2D eigenvalue weighted by molar-refractivity contribution is -0.130. The summed E-state index contributed by atoms with van der Waals surface area (Å²) in [5.74, 6) is 1.07. The second-order valence-electron chi connectivity index (χ2n) is 5.01. The molecule has 0 aliphatic carbocycles. The van der Waals surface area contributed by atoms with E-state index in [0.717, 1.165) is 0 Å². The predicted octanol–water partition coefficient (Wildman–Crippen LogP) is 3.06. The summed E-state index contributed by atoms with van der Waals surface area (Å²) in [5.41, 5.74) is 1.23. The summed E-state index contributed by atoms with van der Waals surface area (Å²) in [7, 11) is 3.04. The number of para-hydroxylation sites is 1. The molecule has 2 aromatic rings. The highest BCUT2D eigenvalue weighted by molar-refractivity contribution is 6.21. The largest absolute Gasteiger partial charge is 0.493 e. The van der Waals surface area contributed by atoms with E-state index in [4.69, 9.17) is 18.9 Å². The molecule has 6 heteroatoms. The smallest absolute Gasteiger partial charge is 0.336 e. The Morgan fingerprint density at radius 2 is 1.92 bits per heavy atom. The fourth-order valence-electron chi connectivity index (χ4n) is 2.51. The average Bonchev–Trinajstić information content (AvgIpc) is 3.06. The third kappa shape index (κ3) is 2.86. The average molecular weight is 328 g/mol. The highest BCUT2D eigenvalue weighted by atomic mass is 16.7. The number of benzene rings is 2. The van der Waals surface area contributed by atoms with Crippen molar-refractivity contribution in [3.05, 3.63) is 47.5 Å². The Bertz CT molecular complexity index is 809. The molecule has 1 aliphatic heterocycles. The van der Waals surface area contributed by atoms with E-state index >= 15 is 0 Å². The van der Waals surface area contributed by atoms with Gasteiger partial charge in [0.1, 0.15) is 0 Å². The summed E-state index contributed by atoms with van der Waals surface area (Å²) in [5, 5.41) is 9.61. The fourth-order valence-corrected chi connectivity index (χ4v) is 2.51. The molecule has 1 aliphatic rings. The van der Waals surface area contributed by atoms with Crippen molar-refractivity contribution in [2.45, 2.75) is 0 Å². The Hall–Kier alpha value is -3.15. The molecule has 6 nitrogen and oxygen atoms in total. The molecule has 0 aromatic heterocycles. The second kappa shape index (κ2) is 6.54. The zero-order chi connectivity index (χ0) is 17.1. The van der Waals surface area contributed by atoms with Crippen LogP contribution >= 0.6 is 0 Å². The van der Waals surface area contributed by atoms with E-state index in [1.165, 1.54) is 14.2 Å². The van der Waals surface area contributed by atoms with Crippen molar-refractivity contribution < 1.29 is 28.8 Å². The number of carbonyl (C=O) groups is 1. The molecule has 0 bridgehead atoms. The van der Waals surface area contributed by atoms with Gasteiger partial charge >= 0.3 is 5.97 Å². The zero-order valence-electron chi connectivity index (χ0n) is 13.2. The van der Waals surface area contributed by atoms with Gasteiger partial charge in [-0.15, -0.1) is 0 Å². The van der Waals surface area contributed by atoms with Crippen LogP contribution in [0.2, 0.25) is 0 Å². The Morgan fingerprint density at radius 3 is 2.62 bits per heavy atom. The maximum Gasteiger partial charge on any atom is 0.336 e. The molecule has 0 unspecified atom stereocenters. The van der Waals surface area contributed by atoms with Crippen LogP contribution in [-0.2, 0) is 4.79 Å². The minimum atomic E-state index is -1.06. The molecule has 124 valence electrons. The molecule has 0 radical (unpaired) electrons. The topological polar surface area (TPSA) is 74.2 Å². The fraction of sp³-hybridized carbons (Fsp3) is 0.167. The van der Waals surface area contributed by atoms with Gasteiger partial charge in [-0.2, -0.15) is 0 Å². The van der Waals surface area contributed by atoms with Crippen LogP contribution in [-0.4, -0.2) is 32.1 Å². The van der Waals surface area contributed by atoms with Crippen LogP contribution in [0, 0.1) is 0 Å². The summed E-state index contributed by atoms with van der Waals surface area (Å²) < 4.78 is 21.2. The molecular formula is C18H16O6. The van der Waals surface area contributed by atoms with Crippen LogP contribution in [0.25, 0.3) is 11.6 Å². The highest BCUT2D eigenvalue weighted by Gasteiger charge is 2.19. The molecule has 0 atom stereocenters. The van der Waals surface area contributed by atoms with Crippen LogP contribution in [0.15, 0.2) is 36.4 Å². The Balaban J connectivity index is 2.09. The van der Waals surface area contributed by atoms with Gasteiger partial charge < -0.3 is 24.1 Å². The lowest BCUT2D eigenvalue weighted by atomic mass is 10.0. The van der Waals surface area contributed by atoms with E-state index in [2.05, 4.69) is 0 Å². The SMILES string of the molecule is COc1cccc(/C=C(\C(=O)O)c2ccc3c(c2)OCO3)c1OC. The van der Waals surface area contributed by atoms with Crippen molar-refractivity contribution in [1.82, 2.24) is 0 Å². The van der Waals surface area contributed by atoms with Crippen molar-refractivity contribution >= 4 is 17.6 Å². The molecule has 1 N–H and O–H groups in total. The van der Waals surface area contributed by atoms with Gasteiger partial charge in [-0.3, -0.25) is 0 Å². The summed E-state index contributed by atoms with van der Waals surface area (Å²) in [6, 6.07) is 10.3. The van der Waals surface area contributed by atoms with Gasteiger partial charge in [-0.25, -0.2) is 4.79 Å². The maximum atomic E-state index is 11.7. The number of hydrogen-bond acceptors (Lipinski definition) is 5. The van der Waals surface area contributed by atoms with Crippen LogP contribution in [0.1, 0.15) is 11.1 Å². The van der Waals surface area contributed by atoms with Crippen LogP contribution < -0.4 is 18.9 Å². The first-order valence-electron chi connectivity index (χ1n) is 7.20. The summed E-state index contributed by atoms with van der Waals surface area (Å²) in [6.07, 6.45) is 1.54. The van der Waals surface area contributed by atoms with Crippen molar-refractivity contribution in [3.63, 3.8) is 0 Å². The standard InChI is InChI=1S/C18H16O6/c1-21-15-5-3-4-12(17(15)22-2)8-13(18(19)20)11-6-7-14-16(9-11)24-10-23-14/h3-9H,10H2,1-2H3,(H,19,20)/b13-8-. The first kappa shape index (κ1) is 15.7. The molecule has 24 heavy (non-hydrogen) atoms. The molecule has 2 aromatic carbocycles. The lowest BCUT2D eigenvalue weighted by Gasteiger charge is -2.11. The Morgan fingerprint density at radius 1 is 1.12 bits per heavy atom. The zero-order valence-corrected chi connectivity index (χ0v) is 13.2. The van der Waals surface area contributed by atoms with Gasteiger partial charge in [-0.1, -0.05) is 18.2 Å². The van der Waals surface area contributed by atoms with E-state index in [0.29, 0.717) is 34.1 Å². The monoisotopic (exact) mass is 328 g/mol. The van der Waals surface area contributed by atoms with Gasteiger partial charge in [0.15, 0.2) is 23.0 Å². The number of fused-ring (bicyclic) bond motifs is 1. The number of carboxylic acid groups (broad SMARTS) is 1. The Labute approximate surface area is 138 Å². The van der Waals surface area contributed by atoms with E-state index < -0.39 is 5.97 Å². The summed E-state index contributed by atoms with van der Waals surface area (Å²) >= 11 is 0. The number of rotatable bonds is 5. The van der Waals surface area contributed by atoms with Gasteiger partial charge in [0.2, 0.25) is 6.79 Å². The van der Waals surface area contributed by atoms with Crippen molar-refractivity contribution in [3.8, 4) is 23.0 Å². The number of carboxylic acids is 1. The molecule has 0 saturated heterocycles. The minimum absolute atomic E-state index is 0.111. The lowest BCUT2D eigenvalue weighted by Crippen LogP contribution is -2.00. The third-order valence-corrected chi connectivity index (χ3v) is 3.65. The normalized spacial score (nSPS) is 12.8. The molecule has 1 heterocycles. The predicted molar refractivity (Wildman–Crippen MR) is 87.6 cm³/mol. The molecule has 0 spiro atoms. The van der Waals surface area contributed by atoms with Crippen molar-refractivity contribution in [2.75, 3.05) is 21.0 Å². The number of methoxy groups -OCH3 is 2. The molecular weight excluding hydrogens is 312 g/mol. The van der Waals surface area contributed by atoms with Crippen molar-refractivity contribution in [1.29, 1.82) is 0 Å². The molecule has 0 saturated carbocycles. The molecule has 0 amide bonds. The second-order valence-corrected chi connectivity index (χ2v) is 5.01. The number of aliphatic carboxylic acids is 1. The number of ether oxygens (including phenoxy) is 4. The van der Waals surface area contributed by atoms with Crippen molar-refractivity contribution in [2.24, 2.45) is 0 Å². The van der Waals surface area contributed by atoms with Crippen LogP contribution in [0.4, 0.5) is 0 Å². The first-order chi connectivity index (χ1) is 11.6. The van der Waals surface area contributed by atoms with Gasteiger partial charge in [-0.05, 0) is 29.8 Å². The third-order valence-electron chi connectivity index (χ3n) is 3.65. The summed E-state index contributed by atoms with van der Waals surface area (Å²) in [6.45, 7) is 0.134. The van der Waals surface area contributed by atoms with E-state index in [1.807, 2.05) is 0 Å². The van der Waals surface area contributed by atoms with Gasteiger partial charge in [0, 0.05) is 5.56 Å². The number of hydrogen-bond donors (Lipinski definition) is 1. The van der Waals surface area contributed by atoms with Gasteiger partial charge in [0.25, 0.3) is 0 Å². The molecule has 3 rings (SSSR count). The maximum absolute atomic E-state index is 11.7. The van der Waals surface area contributed by atoms with E-state index in [9.17, 15) is 9.90 Å².